The van der Waals surface area contributed by atoms with Gasteiger partial charge in [-0.25, -0.2) is 9.07 Å². The quantitative estimate of drug-likeness (QED) is 0.719. The lowest BCUT2D eigenvalue weighted by Crippen LogP contribution is -2.04. The summed E-state index contributed by atoms with van der Waals surface area (Å²) in [6.07, 6.45) is 5.50. The number of benzene rings is 1. The second-order valence-electron chi connectivity index (χ2n) is 3.72. The van der Waals surface area contributed by atoms with E-state index in [1.165, 1.54) is 12.1 Å². The molecule has 0 bridgehead atoms. The van der Waals surface area contributed by atoms with Crippen LogP contribution in [-0.4, -0.2) is 16.0 Å². The van der Waals surface area contributed by atoms with Crippen LogP contribution in [-0.2, 0) is 6.42 Å². The minimum Gasteiger partial charge on any atom is -0.258 e. The number of aliphatic imine (C=N–C) groups is 1. The highest BCUT2D eigenvalue weighted by atomic mass is 19.1. The van der Waals surface area contributed by atoms with Crippen molar-refractivity contribution < 1.29 is 4.39 Å². The molecule has 16 heavy (non-hydrogen) atoms. The molecule has 1 aliphatic rings. The Balaban J connectivity index is 2.10. The van der Waals surface area contributed by atoms with Crippen molar-refractivity contribution in [3.63, 3.8) is 0 Å². The van der Waals surface area contributed by atoms with E-state index in [0.717, 1.165) is 29.9 Å². The summed E-state index contributed by atoms with van der Waals surface area (Å²) < 4.78 is 14.6. The monoisotopic (exact) mass is 215 g/mol. The average molecular weight is 215 g/mol. The smallest absolute Gasteiger partial charge is 0.123 e. The zero-order valence-corrected chi connectivity index (χ0v) is 8.60. The molecule has 2 heterocycles. The third-order valence-corrected chi connectivity index (χ3v) is 2.66. The average Bonchev–Trinajstić information content (AvgIpc) is 2.74. The van der Waals surface area contributed by atoms with Gasteiger partial charge in [0.1, 0.15) is 11.5 Å². The van der Waals surface area contributed by atoms with E-state index in [-0.39, 0.29) is 5.82 Å². The molecule has 0 atom stereocenters. The van der Waals surface area contributed by atoms with Crippen LogP contribution in [0.15, 0.2) is 35.5 Å². The van der Waals surface area contributed by atoms with Crippen LogP contribution in [0, 0.1) is 5.82 Å². The molecule has 1 aromatic carbocycles. The maximum Gasteiger partial charge on any atom is 0.123 e. The zero-order valence-electron chi connectivity index (χ0n) is 8.60. The highest BCUT2D eigenvalue weighted by Crippen LogP contribution is 2.25. The molecule has 0 spiro atoms. The molecule has 80 valence electrons. The maximum atomic E-state index is 12.8. The lowest BCUT2D eigenvalue weighted by Gasteiger charge is -2.09. The second-order valence-corrected chi connectivity index (χ2v) is 3.72. The highest BCUT2D eigenvalue weighted by molar-refractivity contribution is 5.68. The van der Waals surface area contributed by atoms with Crippen molar-refractivity contribution in [2.75, 3.05) is 0 Å². The molecule has 3 rings (SSSR count). The second kappa shape index (κ2) is 3.56. The predicted octanol–water partition coefficient (Wildman–Crippen LogP) is 2.66. The molecule has 0 saturated heterocycles. The molecule has 0 saturated carbocycles. The minimum absolute atomic E-state index is 0.234. The fraction of sp³-hybridized carbons (Fsp3) is 0.167. The van der Waals surface area contributed by atoms with Gasteiger partial charge >= 0.3 is 0 Å². The van der Waals surface area contributed by atoms with Gasteiger partial charge in [-0.15, -0.1) is 0 Å². The number of aromatic nitrogens is 2. The fourth-order valence-electron chi connectivity index (χ4n) is 1.88. The summed E-state index contributed by atoms with van der Waals surface area (Å²) in [5.74, 6) is -0.234. The molecule has 3 nitrogen and oxygen atoms in total. The van der Waals surface area contributed by atoms with E-state index in [9.17, 15) is 4.39 Å². The molecule has 1 aromatic heterocycles. The molecule has 0 aliphatic carbocycles. The Morgan fingerprint density at radius 2 is 2.00 bits per heavy atom. The molecule has 0 fully saturated rings. The van der Waals surface area contributed by atoms with Gasteiger partial charge in [-0.3, -0.25) is 4.99 Å². The fourth-order valence-corrected chi connectivity index (χ4v) is 1.88. The Morgan fingerprint density at radius 1 is 1.19 bits per heavy atom. The number of hydrogen-bond acceptors (Lipinski definition) is 2. The van der Waals surface area contributed by atoms with Gasteiger partial charge in [-0.05, 0) is 37.1 Å². The maximum absolute atomic E-state index is 12.8. The Morgan fingerprint density at radius 3 is 2.81 bits per heavy atom. The van der Waals surface area contributed by atoms with Crippen molar-refractivity contribution in [1.82, 2.24) is 9.78 Å². The first-order chi connectivity index (χ1) is 7.84. The van der Waals surface area contributed by atoms with Crippen molar-refractivity contribution in [2.24, 2.45) is 4.99 Å². The van der Waals surface area contributed by atoms with Gasteiger partial charge in [-0.2, -0.15) is 5.10 Å². The number of rotatable bonds is 1. The van der Waals surface area contributed by atoms with Gasteiger partial charge in [0.25, 0.3) is 0 Å². The normalized spacial score (nSPS) is 13.8. The van der Waals surface area contributed by atoms with Crippen LogP contribution >= 0.6 is 0 Å². The SMILES string of the molecule is Fc1ccc(-n2ncc3c2CCC=N3)cc1. The van der Waals surface area contributed by atoms with E-state index in [2.05, 4.69) is 10.1 Å². The van der Waals surface area contributed by atoms with E-state index < -0.39 is 0 Å². The molecular formula is C12H10FN3. The Bertz CT molecular complexity index is 540. The Kier molecular flexibility index (Phi) is 2.06. The summed E-state index contributed by atoms with van der Waals surface area (Å²) in [5, 5.41) is 4.28. The number of nitrogens with zero attached hydrogens (tertiary/aromatic N) is 3. The van der Waals surface area contributed by atoms with Gasteiger partial charge in [0.15, 0.2) is 0 Å². The Hall–Kier alpha value is -1.97. The minimum atomic E-state index is -0.234. The summed E-state index contributed by atoms with van der Waals surface area (Å²) >= 11 is 0. The van der Waals surface area contributed by atoms with E-state index in [0.29, 0.717) is 0 Å². The number of halogens is 1. The van der Waals surface area contributed by atoms with Gasteiger partial charge in [-0.1, -0.05) is 0 Å². The van der Waals surface area contributed by atoms with E-state index in [1.807, 2.05) is 10.9 Å². The van der Waals surface area contributed by atoms with Crippen molar-refractivity contribution in [3.05, 3.63) is 42.0 Å². The number of fused-ring (bicyclic) bond motifs is 1. The number of hydrogen-bond donors (Lipinski definition) is 0. The summed E-state index contributed by atoms with van der Waals surface area (Å²) in [6, 6.07) is 6.33. The van der Waals surface area contributed by atoms with E-state index in [1.54, 1.807) is 18.3 Å². The van der Waals surface area contributed by atoms with E-state index >= 15 is 0 Å². The molecule has 1 aliphatic heterocycles. The van der Waals surface area contributed by atoms with Crippen LogP contribution in [0.4, 0.5) is 10.1 Å². The van der Waals surface area contributed by atoms with Crippen LogP contribution in [0.3, 0.4) is 0 Å². The lowest BCUT2D eigenvalue weighted by molar-refractivity contribution is 0.626. The summed E-state index contributed by atoms with van der Waals surface area (Å²) in [5.41, 5.74) is 2.88. The van der Waals surface area contributed by atoms with Crippen molar-refractivity contribution in [1.29, 1.82) is 0 Å². The van der Waals surface area contributed by atoms with Crippen LogP contribution < -0.4 is 0 Å². The Labute approximate surface area is 92.2 Å². The molecule has 2 aromatic rings. The summed E-state index contributed by atoms with van der Waals surface area (Å²) in [7, 11) is 0. The lowest BCUT2D eigenvalue weighted by atomic mass is 10.2. The molecule has 4 heteroatoms. The van der Waals surface area contributed by atoms with Gasteiger partial charge in [0, 0.05) is 6.21 Å². The third-order valence-electron chi connectivity index (χ3n) is 2.66. The van der Waals surface area contributed by atoms with Crippen molar-refractivity contribution in [2.45, 2.75) is 12.8 Å². The molecule has 0 unspecified atom stereocenters. The standard InChI is InChI=1S/C12H10FN3/c13-9-3-5-10(6-4-9)16-12-2-1-7-14-11(12)8-15-16/h3-8H,1-2H2. The van der Waals surface area contributed by atoms with Crippen LogP contribution in [0.1, 0.15) is 12.1 Å². The van der Waals surface area contributed by atoms with Crippen LogP contribution in [0.5, 0.6) is 0 Å². The first-order valence-corrected chi connectivity index (χ1v) is 5.20. The predicted molar refractivity (Wildman–Crippen MR) is 60.0 cm³/mol. The first kappa shape index (κ1) is 9.27. The van der Waals surface area contributed by atoms with Gasteiger partial charge < -0.3 is 0 Å². The highest BCUT2D eigenvalue weighted by Gasteiger charge is 2.13. The van der Waals surface area contributed by atoms with Gasteiger partial charge in [0.2, 0.25) is 0 Å². The first-order valence-electron chi connectivity index (χ1n) is 5.20. The zero-order chi connectivity index (χ0) is 11.0. The largest absolute Gasteiger partial charge is 0.258 e. The topological polar surface area (TPSA) is 30.2 Å². The molecule has 0 amide bonds. The third kappa shape index (κ3) is 1.43. The molecular weight excluding hydrogens is 205 g/mol. The van der Waals surface area contributed by atoms with Gasteiger partial charge in [0.05, 0.1) is 17.6 Å². The van der Waals surface area contributed by atoms with Crippen LogP contribution in [0.25, 0.3) is 5.69 Å². The van der Waals surface area contributed by atoms with Crippen molar-refractivity contribution in [3.8, 4) is 5.69 Å². The summed E-state index contributed by atoms with van der Waals surface area (Å²) in [6.45, 7) is 0. The summed E-state index contributed by atoms with van der Waals surface area (Å²) in [4.78, 5) is 4.27. The van der Waals surface area contributed by atoms with Crippen molar-refractivity contribution >= 4 is 11.9 Å². The van der Waals surface area contributed by atoms with E-state index in [4.69, 9.17) is 0 Å². The molecule has 0 N–H and O–H groups in total. The molecule has 0 radical (unpaired) electrons. The van der Waals surface area contributed by atoms with Crippen LogP contribution in [0.2, 0.25) is 0 Å².